The minimum Gasteiger partial charge on any atom is -0.473 e. The number of carbonyl (C=O) groups is 3. The Bertz CT molecular complexity index is 371. The second-order valence-corrected chi connectivity index (χ2v) is 5.34. The number of alkyl carbamates (subject to hydrolysis) is 1. The first-order valence-electron chi connectivity index (χ1n) is 7.46. The summed E-state index contributed by atoms with van der Waals surface area (Å²) in [5.74, 6) is -3.65. The maximum absolute atomic E-state index is 11.3. The van der Waals surface area contributed by atoms with Crippen molar-refractivity contribution in [3.8, 4) is 0 Å². The largest absolute Gasteiger partial charge is 0.473 e. The van der Waals surface area contributed by atoms with Crippen molar-refractivity contribution >= 4 is 18.0 Å². The summed E-state index contributed by atoms with van der Waals surface area (Å²) in [5, 5.41) is 17.4. The van der Waals surface area contributed by atoms with E-state index in [-0.39, 0.29) is 6.73 Å². The number of rotatable bonds is 10. The van der Waals surface area contributed by atoms with Gasteiger partial charge in [0.05, 0.1) is 39.8 Å². The zero-order chi connectivity index (χ0) is 19.7. The van der Waals surface area contributed by atoms with Gasteiger partial charge in [0.1, 0.15) is 5.60 Å². The Kier molecular flexibility index (Phi) is 15.8. The molecule has 0 heterocycles. The average Bonchev–Trinajstić information content (AvgIpc) is 2.48. The summed E-state index contributed by atoms with van der Waals surface area (Å²) in [7, 11) is 0. The van der Waals surface area contributed by atoms with Crippen molar-refractivity contribution in [1.29, 1.82) is 0 Å². The number of hydrogen-bond acceptors (Lipinski definition) is 8. The lowest BCUT2D eigenvalue weighted by atomic mass is 10.2. The summed E-state index contributed by atoms with van der Waals surface area (Å²) < 4.78 is 20.4. The van der Waals surface area contributed by atoms with E-state index in [0.29, 0.717) is 39.6 Å². The van der Waals surface area contributed by atoms with Crippen LogP contribution in [0.5, 0.6) is 0 Å². The van der Waals surface area contributed by atoms with Crippen LogP contribution < -0.4 is 11.1 Å². The predicted molar refractivity (Wildman–Crippen MR) is 86.2 cm³/mol. The number of carbonyl (C=O) groups excluding carboxylic acids is 1. The van der Waals surface area contributed by atoms with Crippen LogP contribution in [0, 0.1) is 0 Å². The van der Waals surface area contributed by atoms with Crippen LogP contribution >= 0.6 is 0 Å². The van der Waals surface area contributed by atoms with E-state index in [9.17, 15) is 4.79 Å². The molecular formula is C14H28N2O9. The number of ether oxygens (including phenoxy) is 4. The van der Waals surface area contributed by atoms with E-state index in [1.54, 1.807) is 0 Å². The van der Waals surface area contributed by atoms with Gasteiger partial charge < -0.3 is 40.2 Å². The van der Waals surface area contributed by atoms with E-state index in [0.717, 1.165) is 0 Å². The lowest BCUT2D eigenvalue weighted by molar-refractivity contribution is -0.159. The zero-order valence-corrected chi connectivity index (χ0v) is 14.8. The average molecular weight is 368 g/mol. The molecular weight excluding hydrogens is 340 g/mol. The third-order valence-electron chi connectivity index (χ3n) is 1.96. The molecule has 0 aliphatic rings. The van der Waals surface area contributed by atoms with Gasteiger partial charge in [-0.15, -0.1) is 0 Å². The molecule has 0 aromatic carbocycles. The van der Waals surface area contributed by atoms with E-state index >= 15 is 0 Å². The van der Waals surface area contributed by atoms with E-state index in [1.807, 2.05) is 20.8 Å². The highest BCUT2D eigenvalue weighted by molar-refractivity contribution is 6.27. The van der Waals surface area contributed by atoms with Gasteiger partial charge in [0.2, 0.25) is 0 Å². The Morgan fingerprint density at radius 1 is 0.880 bits per heavy atom. The van der Waals surface area contributed by atoms with E-state index < -0.39 is 23.6 Å². The van der Waals surface area contributed by atoms with Crippen molar-refractivity contribution in [2.24, 2.45) is 5.73 Å². The van der Waals surface area contributed by atoms with Crippen molar-refractivity contribution in [3.05, 3.63) is 0 Å². The van der Waals surface area contributed by atoms with Crippen molar-refractivity contribution in [1.82, 2.24) is 5.32 Å². The number of nitrogens with one attached hydrogen (secondary N) is 1. The van der Waals surface area contributed by atoms with Crippen LogP contribution in [-0.2, 0) is 28.5 Å². The van der Waals surface area contributed by atoms with E-state index in [1.165, 1.54) is 0 Å². The summed E-state index contributed by atoms with van der Waals surface area (Å²) in [6, 6.07) is 0. The fourth-order valence-corrected chi connectivity index (χ4v) is 1.06. The van der Waals surface area contributed by atoms with E-state index in [2.05, 4.69) is 5.32 Å². The first-order valence-corrected chi connectivity index (χ1v) is 7.46. The second-order valence-electron chi connectivity index (χ2n) is 5.34. The van der Waals surface area contributed by atoms with Crippen LogP contribution in [-0.4, -0.2) is 80.2 Å². The molecule has 25 heavy (non-hydrogen) atoms. The Labute approximate surface area is 146 Å². The predicted octanol–water partition coefficient (Wildman–Crippen LogP) is -0.367. The molecule has 1 amide bonds. The topological polar surface area (TPSA) is 167 Å². The standard InChI is InChI=1S/C12H26N2O5.C2H2O4/c1-12(2,3)19-11(15)14-4-5-16-6-7-17-8-9-18-10-13;3-1(4)2(5)6/h4-10,13H2,1-3H3,(H,14,15);(H,3,4)(H,5,6). The lowest BCUT2D eigenvalue weighted by Gasteiger charge is -2.19. The number of carboxylic acids is 2. The Balaban J connectivity index is 0. The van der Waals surface area contributed by atoms with Crippen LogP contribution in [0.4, 0.5) is 4.79 Å². The van der Waals surface area contributed by atoms with Crippen molar-refractivity contribution in [3.63, 3.8) is 0 Å². The van der Waals surface area contributed by atoms with Gasteiger partial charge in [-0.25, -0.2) is 14.4 Å². The molecule has 0 aliphatic heterocycles. The highest BCUT2D eigenvalue weighted by Gasteiger charge is 2.15. The fraction of sp³-hybridized carbons (Fsp3) is 0.786. The Hall–Kier alpha value is -1.95. The van der Waals surface area contributed by atoms with Gasteiger partial charge in [-0.2, -0.15) is 0 Å². The third kappa shape index (κ3) is 24.4. The number of aliphatic carboxylic acids is 2. The highest BCUT2D eigenvalue weighted by atomic mass is 16.6. The molecule has 11 heteroatoms. The molecule has 0 radical (unpaired) electrons. The SMILES string of the molecule is CC(C)(C)OC(=O)NCCOCCOCCOCN.O=C(O)C(=O)O. The van der Waals surface area contributed by atoms with Gasteiger partial charge in [0, 0.05) is 6.54 Å². The molecule has 148 valence electrons. The normalized spacial score (nSPS) is 10.4. The van der Waals surface area contributed by atoms with Crippen LogP contribution in [0.1, 0.15) is 20.8 Å². The second kappa shape index (κ2) is 15.6. The van der Waals surface area contributed by atoms with Crippen LogP contribution in [0.15, 0.2) is 0 Å². The van der Waals surface area contributed by atoms with Gasteiger partial charge in [-0.1, -0.05) is 0 Å². The van der Waals surface area contributed by atoms with Crippen molar-refractivity contribution in [2.45, 2.75) is 26.4 Å². The molecule has 0 atom stereocenters. The molecule has 0 rings (SSSR count). The minimum atomic E-state index is -1.82. The first-order chi connectivity index (χ1) is 11.6. The molecule has 0 spiro atoms. The van der Waals surface area contributed by atoms with Crippen LogP contribution in [0.25, 0.3) is 0 Å². The molecule has 0 bridgehead atoms. The van der Waals surface area contributed by atoms with Gasteiger partial charge >= 0.3 is 18.0 Å². The quantitative estimate of drug-likeness (QED) is 0.227. The lowest BCUT2D eigenvalue weighted by Crippen LogP contribution is -2.34. The third-order valence-corrected chi connectivity index (χ3v) is 1.96. The smallest absolute Gasteiger partial charge is 0.414 e. The number of carboxylic acid groups (broad SMARTS) is 2. The number of hydrogen-bond donors (Lipinski definition) is 4. The molecule has 0 aliphatic carbocycles. The van der Waals surface area contributed by atoms with Gasteiger partial charge in [-0.3, -0.25) is 0 Å². The maximum atomic E-state index is 11.3. The molecule has 0 saturated heterocycles. The molecule has 0 saturated carbocycles. The maximum Gasteiger partial charge on any atom is 0.414 e. The summed E-state index contributed by atoms with van der Waals surface area (Å²) in [6.07, 6.45) is -0.439. The van der Waals surface area contributed by atoms with Gasteiger partial charge in [0.15, 0.2) is 0 Å². The molecule has 11 nitrogen and oxygen atoms in total. The fourth-order valence-electron chi connectivity index (χ4n) is 1.06. The van der Waals surface area contributed by atoms with Crippen molar-refractivity contribution in [2.75, 3.05) is 46.3 Å². The van der Waals surface area contributed by atoms with Crippen molar-refractivity contribution < 1.29 is 43.5 Å². The molecule has 0 aromatic heterocycles. The van der Waals surface area contributed by atoms with E-state index in [4.69, 9.17) is 44.5 Å². The molecule has 0 aromatic rings. The summed E-state index contributed by atoms with van der Waals surface area (Å²) in [4.78, 5) is 29.5. The number of nitrogens with two attached hydrogens (primary N) is 1. The van der Waals surface area contributed by atoms with Crippen LogP contribution in [0.2, 0.25) is 0 Å². The summed E-state index contributed by atoms with van der Waals surface area (Å²) in [6.45, 7) is 8.41. The molecule has 0 fully saturated rings. The van der Waals surface area contributed by atoms with Crippen LogP contribution in [0.3, 0.4) is 0 Å². The Morgan fingerprint density at radius 3 is 1.72 bits per heavy atom. The Morgan fingerprint density at radius 2 is 1.32 bits per heavy atom. The minimum absolute atomic E-state index is 0.205. The zero-order valence-electron chi connectivity index (χ0n) is 14.8. The summed E-state index contributed by atoms with van der Waals surface area (Å²) in [5.41, 5.74) is 4.66. The highest BCUT2D eigenvalue weighted by Crippen LogP contribution is 2.05. The molecule has 0 unspecified atom stereocenters. The monoisotopic (exact) mass is 368 g/mol. The first kappa shape index (κ1) is 25.3. The molecule has 5 N–H and O–H groups in total. The van der Waals surface area contributed by atoms with Gasteiger partial charge in [0.25, 0.3) is 0 Å². The number of amides is 1. The summed E-state index contributed by atoms with van der Waals surface area (Å²) >= 11 is 0. The van der Waals surface area contributed by atoms with Gasteiger partial charge in [-0.05, 0) is 20.8 Å².